The minimum atomic E-state index is 1.28. The Labute approximate surface area is 370 Å². The van der Waals surface area contributed by atoms with Crippen molar-refractivity contribution >= 4 is 64.6 Å². The molecule has 0 aromatic heterocycles. The highest BCUT2D eigenvalue weighted by atomic mass is 14.1. The summed E-state index contributed by atoms with van der Waals surface area (Å²) in [4.78, 5) is 0. The van der Waals surface area contributed by atoms with Crippen LogP contribution in [0.5, 0.6) is 0 Å². The molecule has 0 spiro atoms. The predicted molar refractivity (Wildman–Crippen MR) is 275 cm³/mol. The highest BCUT2D eigenvalue weighted by molar-refractivity contribution is 6.06. The number of aryl methyl sites for hydroxylation is 3. The molecule has 12 aromatic rings. The van der Waals surface area contributed by atoms with Crippen LogP contribution in [-0.2, 0) is 0 Å². The van der Waals surface area contributed by atoms with Crippen molar-refractivity contribution in [3.05, 3.63) is 253 Å². The van der Waals surface area contributed by atoms with E-state index in [0.29, 0.717) is 0 Å². The van der Waals surface area contributed by atoms with Gasteiger partial charge in [-0.25, -0.2) is 0 Å². The number of hydrogen-bond acceptors (Lipinski definition) is 0. The van der Waals surface area contributed by atoms with Gasteiger partial charge in [-0.05, 0) is 142 Å². The van der Waals surface area contributed by atoms with Crippen molar-refractivity contribution in [2.75, 3.05) is 0 Å². The molecule has 0 fully saturated rings. The second kappa shape index (κ2) is 17.3. The van der Waals surface area contributed by atoms with Gasteiger partial charge in [0.25, 0.3) is 0 Å². The number of rotatable bonds is 3. The zero-order valence-electron chi connectivity index (χ0n) is 36.0. The molecular formula is C63H48. The highest BCUT2D eigenvalue weighted by Crippen LogP contribution is 2.36. The fourth-order valence-electron chi connectivity index (χ4n) is 9.21. The molecule has 0 radical (unpaired) electrons. The van der Waals surface area contributed by atoms with Crippen LogP contribution in [0.3, 0.4) is 0 Å². The van der Waals surface area contributed by atoms with Crippen LogP contribution in [0.1, 0.15) is 16.7 Å². The first-order chi connectivity index (χ1) is 30.9. The van der Waals surface area contributed by atoms with Crippen molar-refractivity contribution in [1.29, 1.82) is 0 Å². The molecule has 0 aliphatic rings. The molecule has 0 bridgehead atoms. The monoisotopic (exact) mass is 804 g/mol. The zero-order chi connectivity index (χ0) is 42.7. The quantitative estimate of drug-likeness (QED) is 0.167. The summed E-state index contributed by atoms with van der Waals surface area (Å²) in [7, 11) is 0. The van der Waals surface area contributed by atoms with Gasteiger partial charge < -0.3 is 0 Å². The van der Waals surface area contributed by atoms with Gasteiger partial charge in [-0.2, -0.15) is 0 Å². The van der Waals surface area contributed by atoms with Gasteiger partial charge in [0, 0.05) is 0 Å². The lowest BCUT2D eigenvalue weighted by atomic mass is 9.92. The second-order valence-electron chi connectivity index (χ2n) is 16.7. The van der Waals surface area contributed by atoms with Crippen LogP contribution in [0.4, 0.5) is 0 Å². The Balaban J connectivity index is 0.000000112. The number of fused-ring (bicyclic) bond motifs is 6. The number of hydrogen-bond donors (Lipinski definition) is 0. The Morgan fingerprint density at radius 2 is 0.571 bits per heavy atom. The molecule has 0 heterocycles. The first-order valence-corrected chi connectivity index (χ1v) is 21.9. The predicted octanol–water partition coefficient (Wildman–Crippen LogP) is 17.9. The van der Waals surface area contributed by atoms with E-state index in [-0.39, 0.29) is 0 Å². The summed E-state index contributed by atoms with van der Waals surface area (Å²) in [5, 5.41) is 15.6. The van der Waals surface area contributed by atoms with Crippen molar-refractivity contribution in [2.45, 2.75) is 20.8 Å². The summed E-state index contributed by atoms with van der Waals surface area (Å²) < 4.78 is 0. The first kappa shape index (κ1) is 39.3. The molecule has 0 heteroatoms. The normalized spacial score (nSPS) is 11.1. The third-order valence-corrected chi connectivity index (χ3v) is 12.2. The van der Waals surface area contributed by atoms with Gasteiger partial charge in [0.05, 0.1) is 0 Å². The highest BCUT2D eigenvalue weighted by Gasteiger charge is 2.10. The average Bonchev–Trinajstić information content (AvgIpc) is 3.33. The Hall–Kier alpha value is -7.80. The smallest absolute Gasteiger partial charge is 0.00965 e. The molecule has 0 aliphatic carbocycles. The minimum absolute atomic E-state index is 1.28. The van der Waals surface area contributed by atoms with Gasteiger partial charge in [-0.1, -0.05) is 230 Å². The second-order valence-corrected chi connectivity index (χ2v) is 16.7. The van der Waals surface area contributed by atoms with E-state index in [4.69, 9.17) is 0 Å². The van der Waals surface area contributed by atoms with Crippen LogP contribution < -0.4 is 0 Å². The molecule has 0 unspecified atom stereocenters. The molecule has 12 aromatic carbocycles. The van der Waals surface area contributed by atoms with Crippen molar-refractivity contribution in [3.8, 4) is 33.4 Å². The molecule has 63 heavy (non-hydrogen) atoms. The van der Waals surface area contributed by atoms with E-state index in [1.54, 1.807) is 0 Å². The topological polar surface area (TPSA) is 0 Å². The summed E-state index contributed by atoms with van der Waals surface area (Å²) in [6, 6.07) is 85.2. The molecule has 0 atom stereocenters. The number of benzene rings is 12. The summed E-state index contributed by atoms with van der Waals surface area (Å²) in [6.07, 6.45) is 0. The van der Waals surface area contributed by atoms with Gasteiger partial charge in [0.2, 0.25) is 0 Å². The summed E-state index contributed by atoms with van der Waals surface area (Å²) in [6.45, 7) is 6.47. The van der Waals surface area contributed by atoms with Gasteiger partial charge >= 0.3 is 0 Å². The maximum atomic E-state index is 2.30. The molecule has 0 amide bonds. The van der Waals surface area contributed by atoms with E-state index < -0.39 is 0 Å². The molecule has 0 aliphatic heterocycles. The van der Waals surface area contributed by atoms with E-state index in [1.807, 2.05) is 0 Å². The third kappa shape index (κ3) is 8.20. The fraction of sp³-hybridized carbons (Fsp3) is 0.0476. The summed E-state index contributed by atoms with van der Waals surface area (Å²) >= 11 is 0. The fourth-order valence-corrected chi connectivity index (χ4v) is 9.21. The van der Waals surface area contributed by atoms with Gasteiger partial charge in [0.1, 0.15) is 0 Å². The molecule has 300 valence electrons. The Kier molecular flexibility index (Phi) is 10.8. The SMILES string of the molecule is Cc1cc(-c2ccc3ccccc3c2)c2ccccc2c1.Cc1cc(-c2cccc3ccccc23)c2ccccc2c1.Cc1ccc2c(-c3ccc4ccccc4c3)cccc2c1. The van der Waals surface area contributed by atoms with Gasteiger partial charge in [-0.15, -0.1) is 0 Å². The van der Waals surface area contributed by atoms with E-state index in [2.05, 4.69) is 257 Å². The van der Waals surface area contributed by atoms with Crippen LogP contribution in [-0.4, -0.2) is 0 Å². The van der Waals surface area contributed by atoms with Crippen molar-refractivity contribution in [3.63, 3.8) is 0 Å². The lowest BCUT2D eigenvalue weighted by Crippen LogP contribution is -1.85. The van der Waals surface area contributed by atoms with E-state index >= 15 is 0 Å². The molecule has 0 nitrogen and oxygen atoms in total. The maximum Gasteiger partial charge on any atom is -0.00965 e. The zero-order valence-corrected chi connectivity index (χ0v) is 36.0. The van der Waals surface area contributed by atoms with Crippen LogP contribution in [0.15, 0.2) is 237 Å². The molecule has 0 saturated heterocycles. The van der Waals surface area contributed by atoms with Crippen molar-refractivity contribution < 1.29 is 0 Å². The average molecular weight is 805 g/mol. The molecular weight excluding hydrogens is 757 g/mol. The minimum Gasteiger partial charge on any atom is -0.0616 e. The van der Waals surface area contributed by atoms with Gasteiger partial charge in [0.15, 0.2) is 0 Å². The lowest BCUT2D eigenvalue weighted by molar-refractivity contribution is 1.50. The summed E-state index contributed by atoms with van der Waals surface area (Å²) in [5.41, 5.74) is 11.7. The standard InChI is InChI=1S/3C21H16/c1-15-13-17-8-3-5-11-19(17)21(14-15)20-12-6-9-16-7-2-4-10-18(16)20;1-15-12-18-8-4-5-9-20(18)21(13-15)19-11-10-16-6-2-3-7-17(16)14-19;1-15-9-12-21-18(13-15)7-4-8-20(21)19-11-10-16-5-2-3-6-17(16)14-19/h3*2-14H,1H3. The Morgan fingerprint density at radius 3 is 1.16 bits per heavy atom. The molecule has 12 rings (SSSR count). The van der Waals surface area contributed by atoms with E-state index in [1.165, 1.54) is 115 Å². The lowest BCUT2D eigenvalue weighted by Gasteiger charge is -2.11. The third-order valence-electron chi connectivity index (χ3n) is 12.2. The van der Waals surface area contributed by atoms with Crippen molar-refractivity contribution in [2.24, 2.45) is 0 Å². The summed E-state index contributed by atoms with van der Waals surface area (Å²) in [5.74, 6) is 0. The largest absolute Gasteiger partial charge is 0.0616 e. The maximum absolute atomic E-state index is 2.30. The first-order valence-electron chi connectivity index (χ1n) is 21.9. The van der Waals surface area contributed by atoms with Crippen LogP contribution in [0.25, 0.3) is 98.0 Å². The Morgan fingerprint density at radius 1 is 0.190 bits per heavy atom. The van der Waals surface area contributed by atoms with E-state index in [9.17, 15) is 0 Å². The van der Waals surface area contributed by atoms with Crippen LogP contribution >= 0.6 is 0 Å². The molecule has 0 N–H and O–H groups in total. The van der Waals surface area contributed by atoms with Crippen LogP contribution in [0, 0.1) is 20.8 Å². The Bertz CT molecular complexity index is 3580. The van der Waals surface area contributed by atoms with E-state index in [0.717, 1.165) is 0 Å². The van der Waals surface area contributed by atoms with Crippen LogP contribution in [0.2, 0.25) is 0 Å². The van der Waals surface area contributed by atoms with Crippen molar-refractivity contribution in [1.82, 2.24) is 0 Å². The van der Waals surface area contributed by atoms with Gasteiger partial charge in [-0.3, -0.25) is 0 Å². The molecule has 0 saturated carbocycles.